The fourth-order valence-electron chi connectivity index (χ4n) is 3.84. The SMILES string of the molecule is O=C(O)C1O[C@@H](O)C(O[C@@H]2OC(CO)[C@H](O)C(O)C2O)C[C@@H]1OCOC1(O)CO[C@@H](CO)C1O. The summed E-state index contributed by atoms with van der Waals surface area (Å²) in [6, 6.07) is 0. The van der Waals surface area contributed by atoms with Gasteiger partial charge < -0.3 is 74.4 Å². The standard InChI is InChI=1S/C18H30O16/c19-2-8-10(21)11(22)12(23)17(33-8)32-7-1-6(13(15(25)26)34-16(7)27)30-5-31-18(28)4-29-9(3-20)14(18)24/h6-14,16-17,19-24,27-28H,1-5H2,(H,25,26)/t6-,7?,8?,9-,10-,11?,12?,13?,14?,16+,17+,18?/m0/s1. The average Bonchev–Trinajstić information content (AvgIpc) is 3.09. The molecule has 0 radical (unpaired) electrons. The van der Waals surface area contributed by atoms with Crippen LogP contribution in [-0.2, 0) is 33.2 Å². The van der Waals surface area contributed by atoms with Crippen LogP contribution in [0.4, 0.5) is 0 Å². The van der Waals surface area contributed by atoms with Crippen molar-refractivity contribution in [3.05, 3.63) is 0 Å². The maximum absolute atomic E-state index is 11.5. The molecule has 9 N–H and O–H groups in total. The van der Waals surface area contributed by atoms with Crippen molar-refractivity contribution in [2.75, 3.05) is 26.6 Å². The summed E-state index contributed by atoms with van der Waals surface area (Å²) in [6.45, 7) is -2.54. The van der Waals surface area contributed by atoms with Crippen LogP contribution in [0.25, 0.3) is 0 Å². The maximum Gasteiger partial charge on any atom is 0.335 e. The Kier molecular flexibility index (Phi) is 9.15. The lowest BCUT2D eigenvalue weighted by atomic mass is 9.98. The first-order valence-electron chi connectivity index (χ1n) is 10.4. The largest absolute Gasteiger partial charge is 0.479 e. The van der Waals surface area contributed by atoms with Crippen LogP contribution in [0.3, 0.4) is 0 Å². The van der Waals surface area contributed by atoms with Gasteiger partial charge in [0.05, 0.1) is 13.2 Å². The minimum atomic E-state index is -2.23. The van der Waals surface area contributed by atoms with E-state index in [1.165, 1.54) is 0 Å². The van der Waals surface area contributed by atoms with E-state index in [-0.39, 0.29) is 6.42 Å². The highest BCUT2D eigenvalue weighted by Crippen LogP contribution is 2.30. The van der Waals surface area contributed by atoms with E-state index in [9.17, 15) is 45.6 Å². The van der Waals surface area contributed by atoms with Crippen molar-refractivity contribution >= 4 is 5.97 Å². The van der Waals surface area contributed by atoms with E-state index in [4.69, 9.17) is 33.5 Å². The van der Waals surface area contributed by atoms with E-state index in [1.54, 1.807) is 0 Å². The van der Waals surface area contributed by atoms with Gasteiger partial charge in [0.1, 0.15) is 55.4 Å². The number of aliphatic carboxylic acids is 1. The molecule has 3 heterocycles. The van der Waals surface area contributed by atoms with Crippen molar-refractivity contribution in [3.8, 4) is 0 Å². The summed E-state index contributed by atoms with van der Waals surface area (Å²) in [4.78, 5) is 11.5. The average molecular weight is 502 g/mol. The van der Waals surface area contributed by atoms with E-state index in [0.29, 0.717) is 0 Å². The third-order valence-corrected chi connectivity index (χ3v) is 5.90. The van der Waals surface area contributed by atoms with Gasteiger partial charge in [0.25, 0.3) is 0 Å². The number of hydrogen-bond acceptors (Lipinski definition) is 15. The highest BCUT2D eigenvalue weighted by atomic mass is 16.8. The second kappa shape index (κ2) is 11.3. The molecular weight excluding hydrogens is 472 g/mol. The van der Waals surface area contributed by atoms with E-state index < -0.39 is 106 Å². The third kappa shape index (κ3) is 5.66. The number of carboxylic acid groups (broad SMARTS) is 1. The summed E-state index contributed by atoms with van der Waals surface area (Å²) in [5, 5.41) is 88.0. The Morgan fingerprint density at radius 2 is 1.62 bits per heavy atom. The number of aliphatic hydroxyl groups is 8. The molecular formula is C18H30O16. The summed E-state index contributed by atoms with van der Waals surface area (Å²) in [5.41, 5.74) is 0. The Labute approximate surface area is 192 Å². The van der Waals surface area contributed by atoms with Gasteiger partial charge in [-0.3, -0.25) is 0 Å². The Hall–Kier alpha value is -1.09. The molecule has 34 heavy (non-hydrogen) atoms. The van der Waals surface area contributed by atoms with E-state index in [1.807, 2.05) is 0 Å². The second-order valence-electron chi connectivity index (χ2n) is 8.18. The van der Waals surface area contributed by atoms with Crippen molar-refractivity contribution in [1.82, 2.24) is 0 Å². The normalized spacial score (nSPS) is 47.6. The molecule has 7 unspecified atom stereocenters. The van der Waals surface area contributed by atoms with Crippen molar-refractivity contribution in [2.45, 2.75) is 79.7 Å². The highest BCUT2D eigenvalue weighted by Gasteiger charge is 2.51. The van der Waals surface area contributed by atoms with Crippen molar-refractivity contribution in [3.63, 3.8) is 0 Å². The predicted molar refractivity (Wildman–Crippen MR) is 100 cm³/mol. The topological polar surface area (TPSA) is 255 Å². The molecule has 0 aliphatic carbocycles. The molecule has 0 aromatic rings. The van der Waals surface area contributed by atoms with Gasteiger partial charge in [-0.05, 0) is 0 Å². The lowest BCUT2D eigenvalue weighted by Gasteiger charge is -2.43. The first-order valence-corrected chi connectivity index (χ1v) is 10.4. The molecule has 16 heteroatoms. The maximum atomic E-state index is 11.5. The number of rotatable bonds is 9. The van der Waals surface area contributed by atoms with Gasteiger partial charge in [-0.15, -0.1) is 0 Å². The predicted octanol–water partition coefficient (Wildman–Crippen LogP) is -5.84. The Bertz CT molecular complexity index is 678. The van der Waals surface area contributed by atoms with Crippen LogP contribution < -0.4 is 0 Å². The van der Waals surface area contributed by atoms with E-state index in [2.05, 4.69) is 0 Å². The van der Waals surface area contributed by atoms with Crippen LogP contribution in [0.15, 0.2) is 0 Å². The molecule has 3 aliphatic rings. The van der Waals surface area contributed by atoms with Gasteiger partial charge in [-0.25, -0.2) is 4.79 Å². The summed E-state index contributed by atoms with van der Waals surface area (Å²) in [7, 11) is 0. The van der Waals surface area contributed by atoms with Crippen LogP contribution in [0, 0.1) is 0 Å². The van der Waals surface area contributed by atoms with Gasteiger partial charge in [0, 0.05) is 6.42 Å². The number of aliphatic hydroxyl groups excluding tert-OH is 7. The summed E-state index contributed by atoms with van der Waals surface area (Å²) < 4.78 is 31.1. The van der Waals surface area contributed by atoms with Crippen molar-refractivity contribution in [2.24, 2.45) is 0 Å². The number of hydrogen-bond donors (Lipinski definition) is 9. The Morgan fingerprint density at radius 1 is 0.941 bits per heavy atom. The van der Waals surface area contributed by atoms with Gasteiger partial charge in [0.15, 0.2) is 25.5 Å². The van der Waals surface area contributed by atoms with Crippen LogP contribution >= 0.6 is 0 Å². The number of carboxylic acids is 1. The molecule has 3 fully saturated rings. The molecule has 3 aliphatic heterocycles. The third-order valence-electron chi connectivity index (χ3n) is 5.90. The van der Waals surface area contributed by atoms with Gasteiger partial charge in [-0.2, -0.15) is 0 Å². The molecule has 3 rings (SSSR count). The zero-order valence-electron chi connectivity index (χ0n) is 17.8. The second-order valence-corrected chi connectivity index (χ2v) is 8.18. The molecule has 0 aromatic carbocycles. The molecule has 0 spiro atoms. The molecule has 0 saturated carbocycles. The van der Waals surface area contributed by atoms with Crippen LogP contribution in [-0.4, -0.2) is 152 Å². The molecule has 0 bridgehead atoms. The molecule has 12 atom stereocenters. The monoisotopic (exact) mass is 502 g/mol. The minimum Gasteiger partial charge on any atom is -0.479 e. The lowest BCUT2D eigenvalue weighted by Crippen LogP contribution is -2.61. The smallest absolute Gasteiger partial charge is 0.335 e. The zero-order valence-corrected chi connectivity index (χ0v) is 17.8. The highest BCUT2D eigenvalue weighted by molar-refractivity contribution is 5.73. The van der Waals surface area contributed by atoms with Crippen LogP contribution in [0.2, 0.25) is 0 Å². The summed E-state index contributed by atoms with van der Waals surface area (Å²) in [6.07, 6.45) is -17.3. The van der Waals surface area contributed by atoms with E-state index in [0.717, 1.165) is 0 Å². The Morgan fingerprint density at radius 3 is 2.21 bits per heavy atom. The zero-order chi connectivity index (χ0) is 25.2. The van der Waals surface area contributed by atoms with Crippen LogP contribution in [0.5, 0.6) is 0 Å². The van der Waals surface area contributed by atoms with E-state index >= 15 is 0 Å². The fraction of sp³-hybridized carbons (Fsp3) is 0.944. The Balaban J connectivity index is 1.62. The fourth-order valence-corrected chi connectivity index (χ4v) is 3.84. The number of ether oxygens (including phenoxy) is 6. The van der Waals surface area contributed by atoms with Crippen molar-refractivity contribution in [1.29, 1.82) is 0 Å². The lowest BCUT2D eigenvalue weighted by molar-refractivity contribution is -0.349. The first-order chi connectivity index (χ1) is 16.0. The molecule has 0 aromatic heterocycles. The molecule has 3 saturated heterocycles. The van der Waals surface area contributed by atoms with Crippen molar-refractivity contribution < 1.29 is 79.2 Å². The summed E-state index contributed by atoms with van der Waals surface area (Å²) >= 11 is 0. The van der Waals surface area contributed by atoms with Gasteiger partial charge in [-0.1, -0.05) is 0 Å². The van der Waals surface area contributed by atoms with Gasteiger partial charge in [0.2, 0.25) is 5.79 Å². The minimum absolute atomic E-state index is 0.354. The van der Waals surface area contributed by atoms with Gasteiger partial charge >= 0.3 is 5.97 Å². The van der Waals surface area contributed by atoms with Crippen LogP contribution in [0.1, 0.15) is 6.42 Å². The quantitative estimate of drug-likeness (QED) is 0.133. The number of carbonyl (C=O) groups is 1. The molecule has 16 nitrogen and oxygen atoms in total. The molecule has 0 amide bonds. The first kappa shape index (κ1) is 27.5. The molecule has 198 valence electrons. The summed E-state index contributed by atoms with van der Waals surface area (Å²) in [5.74, 6) is -3.73.